The maximum absolute atomic E-state index is 13.1. The van der Waals surface area contributed by atoms with Crippen LogP contribution in [-0.4, -0.2) is 29.4 Å². The molecule has 0 atom stereocenters. The van der Waals surface area contributed by atoms with Crippen molar-refractivity contribution in [3.05, 3.63) is 95.1 Å². The molecule has 0 aromatic heterocycles. The summed E-state index contributed by atoms with van der Waals surface area (Å²) in [5.41, 5.74) is 3.79. The van der Waals surface area contributed by atoms with Crippen LogP contribution in [0.15, 0.2) is 78.4 Å². The van der Waals surface area contributed by atoms with E-state index in [0.29, 0.717) is 17.0 Å². The molecule has 176 valence electrons. The topological polar surface area (TPSA) is 87.7 Å². The molecule has 1 aliphatic rings. The molecule has 0 bridgehead atoms. The van der Waals surface area contributed by atoms with Gasteiger partial charge in [0.25, 0.3) is 17.7 Å². The molecule has 0 spiro atoms. The molecule has 3 amide bonds. The highest BCUT2D eigenvalue weighted by Crippen LogP contribution is 2.23. The van der Waals surface area contributed by atoms with Crippen LogP contribution >= 0.6 is 12.2 Å². The van der Waals surface area contributed by atoms with Gasteiger partial charge in [0.1, 0.15) is 11.3 Å². The molecule has 4 rings (SSSR count). The molecular weight excluding hydrogens is 462 g/mol. The maximum Gasteiger partial charge on any atom is 0.270 e. The minimum Gasteiger partial charge on any atom is -0.484 e. The molecule has 1 heterocycles. The number of nitrogens with one attached hydrogen (secondary N) is 2. The molecule has 1 fully saturated rings. The number of hydrogen-bond acceptors (Lipinski definition) is 5. The van der Waals surface area contributed by atoms with Crippen molar-refractivity contribution in [2.24, 2.45) is 0 Å². The van der Waals surface area contributed by atoms with Crippen LogP contribution in [0.3, 0.4) is 0 Å². The number of carbonyl (C=O) groups is 3. The third-order valence-electron chi connectivity index (χ3n) is 5.32. The fourth-order valence-electron chi connectivity index (χ4n) is 3.54. The molecular formula is C27H23N3O4S. The Morgan fingerprint density at radius 2 is 1.80 bits per heavy atom. The fraction of sp³-hybridized carbons (Fsp3) is 0.111. The minimum absolute atomic E-state index is 0.0234. The number of rotatable bonds is 6. The first-order valence-electron chi connectivity index (χ1n) is 10.9. The zero-order valence-electron chi connectivity index (χ0n) is 19.2. The van der Waals surface area contributed by atoms with Crippen molar-refractivity contribution in [1.82, 2.24) is 5.32 Å². The first kappa shape index (κ1) is 23.8. The average Bonchev–Trinajstić information content (AvgIpc) is 2.84. The number of para-hydroxylation sites is 1. The van der Waals surface area contributed by atoms with Gasteiger partial charge in [-0.3, -0.25) is 24.6 Å². The second-order valence-electron chi connectivity index (χ2n) is 8.02. The minimum atomic E-state index is -0.577. The van der Waals surface area contributed by atoms with Gasteiger partial charge in [0.15, 0.2) is 11.7 Å². The van der Waals surface area contributed by atoms with Crippen LogP contribution in [0.2, 0.25) is 0 Å². The Labute approximate surface area is 208 Å². The Hall–Kier alpha value is -4.30. The van der Waals surface area contributed by atoms with E-state index in [-0.39, 0.29) is 23.2 Å². The van der Waals surface area contributed by atoms with Gasteiger partial charge in [-0.2, -0.15) is 0 Å². The van der Waals surface area contributed by atoms with Gasteiger partial charge in [-0.25, -0.2) is 0 Å². The second-order valence-corrected chi connectivity index (χ2v) is 8.41. The lowest BCUT2D eigenvalue weighted by atomic mass is 10.1. The molecule has 7 nitrogen and oxygen atoms in total. The highest BCUT2D eigenvalue weighted by molar-refractivity contribution is 7.80. The Morgan fingerprint density at radius 1 is 1.03 bits per heavy atom. The Balaban J connectivity index is 1.48. The van der Waals surface area contributed by atoms with E-state index in [0.717, 1.165) is 16.8 Å². The number of amides is 3. The number of aryl methyl sites for hydroxylation is 2. The quantitative estimate of drug-likeness (QED) is 0.311. The predicted octanol–water partition coefficient (Wildman–Crippen LogP) is 4.15. The van der Waals surface area contributed by atoms with Gasteiger partial charge in [-0.1, -0.05) is 42.5 Å². The zero-order valence-corrected chi connectivity index (χ0v) is 20.0. The number of ether oxygens (including phenoxy) is 1. The number of thiocarbonyl (C=S) groups is 1. The third-order valence-corrected chi connectivity index (χ3v) is 5.61. The monoisotopic (exact) mass is 485 g/mol. The van der Waals surface area contributed by atoms with Crippen molar-refractivity contribution in [3.63, 3.8) is 0 Å². The summed E-state index contributed by atoms with van der Waals surface area (Å²) in [5.74, 6) is -0.971. The Morgan fingerprint density at radius 3 is 2.57 bits per heavy atom. The summed E-state index contributed by atoms with van der Waals surface area (Å²) in [7, 11) is 0. The highest BCUT2D eigenvalue weighted by atomic mass is 32.1. The van der Waals surface area contributed by atoms with Crippen LogP contribution in [0.4, 0.5) is 11.4 Å². The maximum atomic E-state index is 13.1. The van der Waals surface area contributed by atoms with Crippen molar-refractivity contribution in [3.8, 4) is 5.75 Å². The first-order chi connectivity index (χ1) is 16.8. The zero-order chi connectivity index (χ0) is 24.9. The van der Waals surface area contributed by atoms with Gasteiger partial charge in [0.2, 0.25) is 0 Å². The third kappa shape index (κ3) is 5.62. The van der Waals surface area contributed by atoms with E-state index in [9.17, 15) is 14.4 Å². The predicted molar refractivity (Wildman–Crippen MR) is 139 cm³/mol. The van der Waals surface area contributed by atoms with E-state index in [1.807, 2.05) is 38.1 Å². The molecule has 1 aliphatic heterocycles. The molecule has 3 aromatic carbocycles. The molecule has 1 saturated heterocycles. The Kier molecular flexibility index (Phi) is 7.03. The van der Waals surface area contributed by atoms with Crippen LogP contribution in [0.1, 0.15) is 16.7 Å². The first-order valence-corrected chi connectivity index (χ1v) is 11.3. The lowest BCUT2D eigenvalue weighted by molar-refractivity contribution is -0.122. The number of benzene rings is 3. The van der Waals surface area contributed by atoms with Crippen LogP contribution < -0.4 is 20.3 Å². The van der Waals surface area contributed by atoms with E-state index >= 15 is 0 Å². The van der Waals surface area contributed by atoms with Crippen LogP contribution in [0.25, 0.3) is 6.08 Å². The summed E-state index contributed by atoms with van der Waals surface area (Å²) in [6.45, 7) is 3.68. The smallest absolute Gasteiger partial charge is 0.270 e. The summed E-state index contributed by atoms with van der Waals surface area (Å²) in [6, 6.07) is 21.5. The van der Waals surface area contributed by atoms with Crippen molar-refractivity contribution in [2.75, 3.05) is 16.8 Å². The Bertz CT molecular complexity index is 1350. The largest absolute Gasteiger partial charge is 0.484 e. The van der Waals surface area contributed by atoms with E-state index < -0.39 is 11.8 Å². The summed E-state index contributed by atoms with van der Waals surface area (Å²) in [4.78, 5) is 39.3. The number of anilines is 2. The van der Waals surface area contributed by atoms with Crippen molar-refractivity contribution < 1.29 is 19.1 Å². The number of carbonyl (C=O) groups excluding carboxylic acids is 3. The number of nitrogens with zero attached hydrogens (tertiary/aromatic N) is 1. The van der Waals surface area contributed by atoms with Crippen molar-refractivity contribution >= 4 is 52.5 Å². The van der Waals surface area contributed by atoms with Gasteiger partial charge in [0.05, 0.1) is 5.69 Å². The second kappa shape index (κ2) is 10.3. The van der Waals surface area contributed by atoms with E-state index in [1.54, 1.807) is 48.5 Å². The van der Waals surface area contributed by atoms with Gasteiger partial charge < -0.3 is 10.1 Å². The van der Waals surface area contributed by atoms with Gasteiger partial charge in [-0.15, -0.1) is 0 Å². The molecule has 8 heteroatoms. The highest BCUT2D eigenvalue weighted by Gasteiger charge is 2.34. The lowest BCUT2D eigenvalue weighted by Gasteiger charge is -2.28. The van der Waals surface area contributed by atoms with Crippen LogP contribution in [0.5, 0.6) is 5.75 Å². The number of hydrogen-bond donors (Lipinski definition) is 2. The van der Waals surface area contributed by atoms with E-state index in [4.69, 9.17) is 17.0 Å². The summed E-state index contributed by atoms with van der Waals surface area (Å²) >= 11 is 5.21. The van der Waals surface area contributed by atoms with Crippen molar-refractivity contribution in [2.45, 2.75) is 13.8 Å². The van der Waals surface area contributed by atoms with Gasteiger partial charge in [-0.05, 0) is 79.2 Å². The summed E-state index contributed by atoms with van der Waals surface area (Å²) < 4.78 is 5.64. The molecule has 2 N–H and O–H groups in total. The standard InChI is InChI=1S/C27H23N3O4S/c1-17-11-12-18(2)23(13-17)28-24(31)16-34-21-10-6-7-19(14-21)15-22-25(32)29-27(35)30(26(22)33)20-8-4-3-5-9-20/h3-15H,16H2,1-2H3,(H,28,31)(H,29,32,35)/b22-15-. The molecule has 3 aromatic rings. The normalized spacial score (nSPS) is 14.6. The van der Waals surface area contributed by atoms with Crippen LogP contribution in [-0.2, 0) is 14.4 Å². The average molecular weight is 486 g/mol. The molecule has 0 aliphatic carbocycles. The van der Waals surface area contributed by atoms with Gasteiger partial charge >= 0.3 is 0 Å². The molecule has 0 saturated carbocycles. The van der Waals surface area contributed by atoms with E-state index in [2.05, 4.69) is 10.6 Å². The fourth-order valence-corrected chi connectivity index (χ4v) is 3.82. The SMILES string of the molecule is Cc1ccc(C)c(NC(=O)COc2cccc(/C=C3/C(=O)NC(=S)N(c4ccccc4)C3=O)c2)c1. The van der Waals surface area contributed by atoms with E-state index in [1.165, 1.54) is 11.0 Å². The molecule has 0 unspecified atom stereocenters. The lowest BCUT2D eigenvalue weighted by Crippen LogP contribution is -2.54. The summed E-state index contributed by atoms with van der Waals surface area (Å²) in [6.07, 6.45) is 1.47. The van der Waals surface area contributed by atoms with Crippen molar-refractivity contribution in [1.29, 1.82) is 0 Å². The summed E-state index contributed by atoms with van der Waals surface area (Å²) in [5, 5.41) is 5.43. The van der Waals surface area contributed by atoms with Gasteiger partial charge in [0, 0.05) is 5.69 Å². The molecule has 0 radical (unpaired) electrons. The molecule has 35 heavy (non-hydrogen) atoms. The van der Waals surface area contributed by atoms with Crippen LogP contribution in [0, 0.1) is 13.8 Å².